The fraction of sp³-hybridized carbons (Fsp3) is 0.786. The fourth-order valence-electron chi connectivity index (χ4n) is 1.72. The van der Waals surface area contributed by atoms with Crippen molar-refractivity contribution in [3.05, 3.63) is 0 Å². The van der Waals surface area contributed by atoms with Gasteiger partial charge in [-0.15, -0.1) is 0 Å². The van der Waals surface area contributed by atoms with Gasteiger partial charge >= 0.3 is 6.01 Å². The second-order valence-corrected chi connectivity index (χ2v) is 4.87. The Labute approximate surface area is 121 Å². The molecular weight excluding hydrogens is 254 g/mol. The highest BCUT2D eigenvalue weighted by Crippen LogP contribution is 2.13. The van der Waals surface area contributed by atoms with E-state index in [1.165, 1.54) is 0 Å². The Bertz CT molecular complexity index is 360. The van der Waals surface area contributed by atoms with Crippen LogP contribution in [0.3, 0.4) is 0 Å². The molecule has 1 heterocycles. The molecule has 0 aliphatic rings. The highest BCUT2D eigenvalue weighted by atomic mass is 16.5. The van der Waals surface area contributed by atoms with Gasteiger partial charge < -0.3 is 15.4 Å². The van der Waals surface area contributed by atoms with E-state index in [1.54, 1.807) is 0 Å². The van der Waals surface area contributed by atoms with Gasteiger partial charge in [-0.2, -0.15) is 15.0 Å². The van der Waals surface area contributed by atoms with Gasteiger partial charge in [0.1, 0.15) is 0 Å². The molecule has 1 unspecified atom stereocenters. The molecule has 0 fully saturated rings. The number of aromatic nitrogens is 3. The summed E-state index contributed by atoms with van der Waals surface area (Å²) in [6.07, 6.45) is 4.15. The van der Waals surface area contributed by atoms with Gasteiger partial charge in [-0.25, -0.2) is 0 Å². The van der Waals surface area contributed by atoms with E-state index in [9.17, 15) is 0 Å². The summed E-state index contributed by atoms with van der Waals surface area (Å²) in [6.45, 7) is 9.89. The molecular formula is C14H27N5O. The van der Waals surface area contributed by atoms with Crippen LogP contribution in [-0.4, -0.2) is 34.1 Å². The zero-order valence-electron chi connectivity index (χ0n) is 13.1. The topological polar surface area (TPSA) is 72.0 Å². The number of anilines is 2. The van der Waals surface area contributed by atoms with Crippen LogP contribution in [0.4, 0.5) is 11.9 Å². The van der Waals surface area contributed by atoms with E-state index in [-0.39, 0.29) is 0 Å². The van der Waals surface area contributed by atoms with Crippen LogP contribution in [0, 0.1) is 0 Å². The third-order valence-corrected chi connectivity index (χ3v) is 2.68. The zero-order valence-corrected chi connectivity index (χ0v) is 13.1. The van der Waals surface area contributed by atoms with Gasteiger partial charge in [0, 0.05) is 12.6 Å². The lowest BCUT2D eigenvalue weighted by molar-refractivity contribution is 0.292. The maximum Gasteiger partial charge on any atom is 0.323 e. The number of nitrogens with one attached hydrogen (secondary N) is 2. The summed E-state index contributed by atoms with van der Waals surface area (Å²) >= 11 is 0. The van der Waals surface area contributed by atoms with E-state index in [0.717, 1.165) is 32.2 Å². The van der Waals surface area contributed by atoms with Gasteiger partial charge in [-0.1, -0.05) is 27.2 Å². The Morgan fingerprint density at radius 3 is 2.40 bits per heavy atom. The van der Waals surface area contributed by atoms with Crippen molar-refractivity contribution in [3.63, 3.8) is 0 Å². The van der Waals surface area contributed by atoms with Crippen molar-refractivity contribution < 1.29 is 4.74 Å². The summed E-state index contributed by atoms with van der Waals surface area (Å²) in [5, 5.41) is 6.47. The second kappa shape index (κ2) is 9.34. The normalized spacial score (nSPS) is 12.0. The lowest BCUT2D eigenvalue weighted by atomic mass is 10.2. The van der Waals surface area contributed by atoms with Crippen LogP contribution >= 0.6 is 0 Å². The zero-order chi connectivity index (χ0) is 14.8. The van der Waals surface area contributed by atoms with Crippen LogP contribution in [-0.2, 0) is 0 Å². The molecule has 0 aromatic carbocycles. The quantitative estimate of drug-likeness (QED) is 0.686. The first kappa shape index (κ1) is 16.5. The highest BCUT2D eigenvalue weighted by Gasteiger charge is 2.09. The average Bonchev–Trinajstić information content (AvgIpc) is 2.43. The van der Waals surface area contributed by atoms with Gasteiger partial charge in [0.05, 0.1) is 6.61 Å². The first-order valence-electron chi connectivity index (χ1n) is 7.58. The molecule has 20 heavy (non-hydrogen) atoms. The SMILES string of the molecule is CCCNc1nc(NC(C)CCC)nc(OCCC)n1. The summed E-state index contributed by atoms with van der Waals surface area (Å²) < 4.78 is 5.52. The molecule has 2 N–H and O–H groups in total. The minimum atomic E-state index is 0.334. The molecule has 6 heteroatoms. The standard InChI is InChI=1S/C14H27N5O/c1-5-8-11(4)16-13-17-12(15-9-6-2)18-14(19-13)20-10-7-3/h11H,5-10H2,1-4H3,(H2,15,16,17,18,19). The number of hydrogen-bond acceptors (Lipinski definition) is 6. The van der Waals surface area contributed by atoms with Gasteiger partial charge in [-0.05, 0) is 26.2 Å². The summed E-state index contributed by atoms with van der Waals surface area (Å²) in [6, 6.07) is 0.715. The van der Waals surface area contributed by atoms with E-state index in [0.29, 0.717) is 30.6 Å². The molecule has 114 valence electrons. The van der Waals surface area contributed by atoms with Crippen molar-refractivity contribution in [1.82, 2.24) is 15.0 Å². The molecule has 1 aromatic rings. The molecule has 0 spiro atoms. The highest BCUT2D eigenvalue weighted by molar-refractivity contribution is 5.36. The molecule has 0 aliphatic heterocycles. The smallest absolute Gasteiger partial charge is 0.323 e. The molecule has 0 amide bonds. The Morgan fingerprint density at radius 2 is 1.75 bits per heavy atom. The van der Waals surface area contributed by atoms with Crippen molar-refractivity contribution >= 4 is 11.9 Å². The molecule has 1 atom stereocenters. The van der Waals surface area contributed by atoms with E-state index in [1.807, 2.05) is 0 Å². The molecule has 1 aromatic heterocycles. The molecule has 0 bridgehead atoms. The Morgan fingerprint density at radius 1 is 1.00 bits per heavy atom. The van der Waals surface area contributed by atoms with Gasteiger partial charge in [0.25, 0.3) is 0 Å². The van der Waals surface area contributed by atoms with Crippen molar-refractivity contribution in [2.45, 2.75) is 59.4 Å². The maximum atomic E-state index is 5.52. The molecule has 0 aliphatic carbocycles. The monoisotopic (exact) mass is 281 g/mol. The van der Waals surface area contributed by atoms with E-state index >= 15 is 0 Å². The van der Waals surface area contributed by atoms with Crippen molar-refractivity contribution in [2.75, 3.05) is 23.8 Å². The Kier molecular flexibility index (Phi) is 7.69. The largest absolute Gasteiger partial charge is 0.463 e. The summed E-state index contributed by atoms with van der Waals surface area (Å²) in [5.74, 6) is 1.14. The van der Waals surface area contributed by atoms with Gasteiger partial charge in [-0.3, -0.25) is 0 Å². The van der Waals surface area contributed by atoms with Crippen LogP contribution in [0.2, 0.25) is 0 Å². The molecule has 6 nitrogen and oxygen atoms in total. The van der Waals surface area contributed by atoms with Crippen molar-refractivity contribution in [1.29, 1.82) is 0 Å². The summed E-state index contributed by atoms with van der Waals surface area (Å²) in [7, 11) is 0. The van der Waals surface area contributed by atoms with Crippen LogP contribution < -0.4 is 15.4 Å². The van der Waals surface area contributed by atoms with Crippen molar-refractivity contribution in [3.8, 4) is 6.01 Å². The number of nitrogens with zero attached hydrogens (tertiary/aromatic N) is 3. The number of rotatable bonds is 10. The molecule has 0 saturated heterocycles. The van der Waals surface area contributed by atoms with E-state index in [4.69, 9.17) is 4.74 Å². The lowest BCUT2D eigenvalue weighted by Gasteiger charge is -2.14. The van der Waals surface area contributed by atoms with Crippen LogP contribution in [0.25, 0.3) is 0 Å². The Balaban J connectivity index is 2.78. The van der Waals surface area contributed by atoms with E-state index < -0.39 is 0 Å². The van der Waals surface area contributed by atoms with Crippen molar-refractivity contribution in [2.24, 2.45) is 0 Å². The van der Waals surface area contributed by atoms with Gasteiger partial charge in [0.15, 0.2) is 0 Å². The lowest BCUT2D eigenvalue weighted by Crippen LogP contribution is -2.18. The van der Waals surface area contributed by atoms with Crippen LogP contribution in [0.5, 0.6) is 6.01 Å². The predicted molar refractivity (Wildman–Crippen MR) is 82.4 cm³/mol. The van der Waals surface area contributed by atoms with Crippen LogP contribution in [0.15, 0.2) is 0 Å². The first-order chi connectivity index (χ1) is 9.69. The molecule has 0 radical (unpaired) electrons. The third-order valence-electron chi connectivity index (χ3n) is 2.68. The van der Waals surface area contributed by atoms with E-state index in [2.05, 4.69) is 53.3 Å². The number of hydrogen-bond donors (Lipinski definition) is 2. The predicted octanol–water partition coefficient (Wildman–Crippen LogP) is 3.08. The maximum absolute atomic E-state index is 5.52. The first-order valence-corrected chi connectivity index (χ1v) is 7.58. The summed E-state index contributed by atoms with van der Waals surface area (Å²) in [4.78, 5) is 12.9. The molecule has 0 saturated carbocycles. The number of ether oxygens (including phenoxy) is 1. The summed E-state index contributed by atoms with van der Waals surface area (Å²) in [5.41, 5.74) is 0. The molecule has 1 rings (SSSR count). The second-order valence-electron chi connectivity index (χ2n) is 4.87. The Hall–Kier alpha value is -1.59. The minimum Gasteiger partial charge on any atom is -0.463 e. The van der Waals surface area contributed by atoms with Crippen LogP contribution in [0.1, 0.15) is 53.4 Å². The van der Waals surface area contributed by atoms with Gasteiger partial charge in [0.2, 0.25) is 11.9 Å². The fourth-order valence-corrected chi connectivity index (χ4v) is 1.72. The third kappa shape index (κ3) is 6.04. The minimum absolute atomic E-state index is 0.334. The average molecular weight is 281 g/mol.